The second-order valence-electron chi connectivity index (χ2n) is 6.78. The molecule has 3 aromatic rings. The zero-order valence-electron chi connectivity index (χ0n) is 15.3. The highest BCUT2D eigenvalue weighted by Crippen LogP contribution is 2.27. The van der Waals surface area contributed by atoms with E-state index in [1.165, 1.54) is 36.4 Å². The molecular formula is C19H20N2O5S2. The lowest BCUT2D eigenvalue weighted by Gasteiger charge is -2.24. The van der Waals surface area contributed by atoms with Crippen LogP contribution < -0.4 is 0 Å². The molecule has 0 saturated heterocycles. The van der Waals surface area contributed by atoms with E-state index >= 15 is 0 Å². The Morgan fingerprint density at radius 2 is 1.43 bits per heavy atom. The number of nitrogens with zero attached hydrogens (tertiary/aromatic N) is 2. The molecule has 28 heavy (non-hydrogen) atoms. The number of rotatable bonds is 6. The number of aliphatic hydroxyl groups is 1. The van der Waals surface area contributed by atoms with Crippen LogP contribution >= 0.6 is 0 Å². The van der Waals surface area contributed by atoms with E-state index in [1.54, 1.807) is 42.3 Å². The molecule has 1 aromatic heterocycles. The highest BCUT2D eigenvalue weighted by atomic mass is 32.2. The van der Waals surface area contributed by atoms with E-state index in [1.807, 2.05) is 0 Å². The molecule has 9 heteroatoms. The van der Waals surface area contributed by atoms with Crippen molar-refractivity contribution in [3.63, 3.8) is 0 Å². The fourth-order valence-electron chi connectivity index (χ4n) is 2.82. The van der Waals surface area contributed by atoms with Gasteiger partial charge in [-0.3, -0.25) is 0 Å². The molecule has 0 fully saturated rings. The Bertz CT molecular complexity index is 1160. The first-order chi connectivity index (χ1) is 13.0. The molecule has 1 heterocycles. The van der Waals surface area contributed by atoms with Gasteiger partial charge >= 0.3 is 0 Å². The molecule has 148 valence electrons. The first-order valence-corrected chi connectivity index (χ1v) is 11.7. The van der Waals surface area contributed by atoms with Crippen molar-refractivity contribution in [3.8, 4) is 0 Å². The first-order valence-electron chi connectivity index (χ1n) is 8.34. The van der Waals surface area contributed by atoms with E-state index in [0.29, 0.717) is 5.56 Å². The minimum absolute atomic E-state index is 0.00201. The molecule has 3 rings (SSSR count). The summed E-state index contributed by atoms with van der Waals surface area (Å²) in [5, 5.41) is 10.7. The quantitative estimate of drug-likeness (QED) is 0.654. The third-order valence-electron chi connectivity index (χ3n) is 4.40. The van der Waals surface area contributed by atoms with E-state index in [0.717, 1.165) is 6.26 Å². The van der Waals surface area contributed by atoms with Crippen LogP contribution in [-0.4, -0.2) is 37.7 Å². The standard InChI is InChI=1S/C19H20N2O5S2/c1-19(22,13-21-12-11-20-14-21)15-3-5-17(6-4-15)28(25,26)18-9-7-16(8-10-18)27(2,23)24/h3-12,14,22H,13H2,1-2H3. The lowest BCUT2D eigenvalue weighted by atomic mass is 9.96. The van der Waals surface area contributed by atoms with Crippen molar-refractivity contribution >= 4 is 19.7 Å². The van der Waals surface area contributed by atoms with Crippen LogP contribution in [0, 0.1) is 0 Å². The average molecular weight is 421 g/mol. The zero-order chi connectivity index (χ0) is 20.6. The highest BCUT2D eigenvalue weighted by Gasteiger charge is 2.25. The summed E-state index contributed by atoms with van der Waals surface area (Å²) in [5.74, 6) is 0. The van der Waals surface area contributed by atoms with Crippen molar-refractivity contribution in [2.24, 2.45) is 0 Å². The number of aromatic nitrogens is 2. The molecule has 2 aromatic carbocycles. The van der Waals surface area contributed by atoms with Gasteiger partial charge in [-0.1, -0.05) is 12.1 Å². The molecule has 0 saturated carbocycles. The van der Waals surface area contributed by atoms with Gasteiger partial charge in [0, 0.05) is 18.6 Å². The Hall–Kier alpha value is -2.49. The number of benzene rings is 2. The molecule has 0 aliphatic rings. The van der Waals surface area contributed by atoms with Crippen molar-refractivity contribution in [1.82, 2.24) is 9.55 Å². The maximum atomic E-state index is 12.8. The number of sulfone groups is 2. The van der Waals surface area contributed by atoms with Gasteiger partial charge in [-0.2, -0.15) is 0 Å². The van der Waals surface area contributed by atoms with E-state index in [9.17, 15) is 21.9 Å². The van der Waals surface area contributed by atoms with E-state index < -0.39 is 25.3 Å². The molecule has 0 aliphatic heterocycles. The van der Waals surface area contributed by atoms with Crippen molar-refractivity contribution in [1.29, 1.82) is 0 Å². The number of hydrogen-bond acceptors (Lipinski definition) is 6. The maximum Gasteiger partial charge on any atom is 0.206 e. The molecule has 0 amide bonds. The second-order valence-corrected chi connectivity index (χ2v) is 10.7. The monoisotopic (exact) mass is 420 g/mol. The van der Waals surface area contributed by atoms with E-state index in [2.05, 4.69) is 4.98 Å². The molecule has 1 atom stereocenters. The SMILES string of the molecule is CC(O)(Cn1ccnc1)c1ccc(S(=O)(=O)c2ccc(S(C)(=O)=O)cc2)cc1. The van der Waals surface area contributed by atoms with Crippen molar-refractivity contribution in [2.75, 3.05) is 6.26 Å². The Kier molecular flexibility index (Phi) is 5.18. The van der Waals surface area contributed by atoms with Crippen LogP contribution in [0.5, 0.6) is 0 Å². The van der Waals surface area contributed by atoms with E-state index in [4.69, 9.17) is 0 Å². The van der Waals surface area contributed by atoms with Crippen LogP contribution in [0.2, 0.25) is 0 Å². The fourth-order valence-corrected chi connectivity index (χ4v) is 4.71. The van der Waals surface area contributed by atoms with Crippen LogP contribution in [0.3, 0.4) is 0 Å². The van der Waals surface area contributed by atoms with Gasteiger partial charge in [-0.25, -0.2) is 21.8 Å². The predicted octanol–water partition coefficient (Wildman–Crippen LogP) is 2.03. The Balaban J connectivity index is 1.87. The van der Waals surface area contributed by atoms with Gasteiger partial charge in [0.05, 0.1) is 27.6 Å². The Labute approximate surface area is 164 Å². The summed E-state index contributed by atoms with van der Waals surface area (Å²) in [5.41, 5.74) is -0.646. The third kappa shape index (κ3) is 4.16. The lowest BCUT2D eigenvalue weighted by Crippen LogP contribution is -2.27. The van der Waals surface area contributed by atoms with Crippen molar-refractivity contribution in [3.05, 3.63) is 72.8 Å². The lowest BCUT2D eigenvalue weighted by molar-refractivity contribution is 0.0382. The molecule has 0 bridgehead atoms. The van der Waals surface area contributed by atoms with Crippen LogP contribution in [0.4, 0.5) is 0 Å². The number of imidazole rings is 1. The normalized spacial score (nSPS) is 14.5. The van der Waals surface area contributed by atoms with Gasteiger partial charge in [0.1, 0.15) is 5.60 Å². The minimum atomic E-state index is -3.81. The molecule has 1 unspecified atom stereocenters. The van der Waals surface area contributed by atoms with Crippen LogP contribution in [0.25, 0.3) is 0 Å². The summed E-state index contributed by atoms with van der Waals surface area (Å²) < 4.78 is 50.4. The van der Waals surface area contributed by atoms with Gasteiger partial charge in [0.2, 0.25) is 9.84 Å². The molecule has 0 radical (unpaired) electrons. The average Bonchev–Trinajstić information content (AvgIpc) is 3.13. The van der Waals surface area contributed by atoms with Crippen LogP contribution in [0.1, 0.15) is 12.5 Å². The van der Waals surface area contributed by atoms with Gasteiger partial charge in [-0.15, -0.1) is 0 Å². The van der Waals surface area contributed by atoms with Gasteiger partial charge in [-0.05, 0) is 48.9 Å². The predicted molar refractivity (Wildman–Crippen MR) is 103 cm³/mol. The maximum absolute atomic E-state index is 12.8. The topological polar surface area (TPSA) is 106 Å². The van der Waals surface area contributed by atoms with Crippen LogP contribution in [-0.2, 0) is 31.8 Å². The summed E-state index contributed by atoms with van der Waals surface area (Å²) in [6.07, 6.45) is 5.99. The summed E-state index contributed by atoms with van der Waals surface area (Å²) in [7, 11) is -7.21. The molecule has 7 nitrogen and oxygen atoms in total. The van der Waals surface area contributed by atoms with Crippen LogP contribution in [0.15, 0.2) is 81.9 Å². The molecule has 1 N–H and O–H groups in total. The zero-order valence-corrected chi connectivity index (χ0v) is 17.0. The smallest absolute Gasteiger partial charge is 0.206 e. The largest absolute Gasteiger partial charge is 0.384 e. The Morgan fingerprint density at radius 1 is 0.929 bits per heavy atom. The summed E-state index contributed by atoms with van der Waals surface area (Å²) in [6.45, 7) is 1.91. The Morgan fingerprint density at radius 3 is 1.89 bits per heavy atom. The summed E-state index contributed by atoms with van der Waals surface area (Å²) >= 11 is 0. The first kappa shape index (κ1) is 20.2. The number of hydrogen-bond donors (Lipinski definition) is 1. The highest BCUT2D eigenvalue weighted by molar-refractivity contribution is 7.91. The van der Waals surface area contributed by atoms with Crippen molar-refractivity contribution < 1.29 is 21.9 Å². The summed E-state index contributed by atoms with van der Waals surface area (Å²) in [4.78, 5) is 4.04. The molecular weight excluding hydrogens is 400 g/mol. The third-order valence-corrected chi connectivity index (χ3v) is 7.31. The van der Waals surface area contributed by atoms with Gasteiger partial charge in [0.25, 0.3) is 0 Å². The minimum Gasteiger partial charge on any atom is -0.384 e. The second kappa shape index (κ2) is 7.16. The molecule has 0 aliphatic carbocycles. The molecule has 0 spiro atoms. The van der Waals surface area contributed by atoms with Crippen molar-refractivity contribution in [2.45, 2.75) is 33.8 Å². The van der Waals surface area contributed by atoms with E-state index in [-0.39, 0.29) is 21.2 Å². The fraction of sp³-hybridized carbons (Fsp3) is 0.211. The van der Waals surface area contributed by atoms with Gasteiger partial charge < -0.3 is 9.67 Å². The summed E-state index contributed by atoms with van der Waals surface area (Å²) in [6, 6.07) is 11.1. The van der Waals surface area contributed by atoms with Gasteiger partial charge in [0.15, 0.2) is 9.84 Å².